The fourth-order valence-electron chi connectivity index (χ4n) is 2.68. The predicted molar refractivity (Wildman–Crippen MR) is 85.1 cm³/mol. The molecule has 1 aromatic carbocycles. The second kappa shape index (κ2) is 5.63. The van der Waals surface area contributed by atoms with Crippen molar-refractivity contribution in [3.05, 3.63) is 36.4 Å². The average molecular weight is 287 g/mol. The largest absolute Gasteiger partial charge is 0.495 e. The van der Waals surface area contributed by atoms with Gasteiger partial charge in [0.05, 0.1) is 12.8 Å². The molecule has 0 unspecified atom stereocenters. The lowest BCUT2D eigenvalue weighted by atomic mass is 9.74. The first-order valence-corrected chi connectivity index (χ1v) is 7.12. The third-order valence-electron chi connectivity index (χ3n) is 3.82. The molecule has 0 saturated heterocycles. The summed E-state index contributed by atoms with van der Waals surface area (Å²) in [7, 11) is 1.64. The average Bonchev–Trinajstić information content (AvgIpc) is 2.81. The highest BCUT2D eigenvalue weighted by Crippen LogP contribution is 2.40. The van der Waals surface area contributed by atoms with E-state index in [9.17, 15) is 0 Å². The molecule has 0 amide bonds. The number of thiocarbonyl (C=S) groups is 1. The molecule has 104 valence electrons. The predicted octanol–water partition coefficient (Wildman–Crippen LogP) is 2.93. The van der Waals surface area contributed by atoms with Crippen LogP contribution in [0.2, 0.25) is 0 Å². The molecule has 20 heavy (non-hydrogen) atoms. The summed E-state index contributed by atoms with van der Waals surface area (Å²) in [5.74, 6) is 2.05. The SMILES string of the molecule is COc1ccccc1NC(=S)N/N=C1/C[C@@H]2C=CC[C@H]12. The molecule has 0 aromatic heterocycles. The quantitative estimate of drug-likeness (QED) is 0.510. The van der Waals surface area contributed by atoms with Gasteiger partial charge in [-0.05, 0) is 43.1 Å². The Bertz CT molecular complexity index is 582. The number of rotatable bonds is 3. The van der Waals surface area contributed by atoms with E-state index in [1.807, 2.05) is 24.3 Å². The lowest BCUT2D eigenvalue weighted by Gasteiger charge is -2.31. The summed E-state index contributed by atoms with van der Waals surface area (Å²) in [5, 5.41) is 7.99. The van der Waals surface area contributed by atoms with Crippen LogP contribution in [0, 0.1) is 11.8 Å². The monoisotopic (exact) mass is 287 g/mol. The highest BCUT2D eigenvalue weighted by Gasteiger charge is 2.37. The Kier molecular flexibility index (Phi) is 3.69. The molecule has 0 aliphatic heterocycles. The van der Waals surface area contributed by atoms with Gasteiger partial charge in [0.15, 0.2) is 5.11 Å². The molecule has 1 fully saturated rings. The third-order valence-corrected chi connectivity index (χ3v) is 4.01. The third kappa shape index (κ3) is 2.54. The van der Waals surface area contributed by atoms with Crippen LogP contribution in [0.3, 0.4) is 0 Å². The van der Waals surface area contributed by atoms with Gasteiger partial charge in [-0.25, -0.2) is 0 Å². The highest BCUT2D eigenvalue weighted by molar-refractivity contribution is 7.80. The zero-order chi connectivity index (χ0) is 13.9. The summed E-state index contributed by atoms with van der Waals surface area (Å²) in [5.41, 5.74) is 4.97. The normalized spacial score (nSPS) is 24.9. The van der Waals surface area contributed by atoms with Gasteiger partial charge >= 0.3 is 0 Å². The molecule has 2 aliphatic rings. The van der Waals surface area contributed by atoms with Crippen LogP contribution in [-0.4, -0.2) is 17.9 Å². The van der Waals surface area contributed by atoms with Gasteiger partial charge in [0, 0.05) is 11.6 Å². The van der Waals surface area contributed by atoms with Gasteiger partial charge in [-0.2, -0.15) is 5.10 Å². The topological polar surface area (TPSA) is 45.6 Å². The molecule has 0 radical (unpaired) electrons. The van der Waals surface area contributed by atoms with Crippen LogP contribution in [0.5, 0.6) is 5.75 Å². The zero-order valence-electron chi connectivity index (χ0n) is 11.3. The molecular formula is C15H17N3OS. The Balaban J connectivity index is 1.56. The molecular weight excluding hydrogens is 270 g/mol. The van der Waals surface area contributed by atoms with Gasteiger partial charge in [-0.15, -0.1) is 0 Å². The van der Waals surface area contributed by atoms with E-state index in [4.69, 9.17) is 17.0 Å². The van der Waals surface area contributed by atoms with Crippen LogP contribution < -0.4 is 15.5 Å². The van der Waals surface area contributed by atoms with Crippen molar-refractivity contribution in [2.45, 2.75) is 12.8 Å². The number of hydrogen-bond donors (Lipinski definition) is 2. The van der Waals surface area contributed by atoms with Gasteiger partial charge < -0.3 is 10.1 Å². The number of nitrogens with one attached hydrogen (secondary N) is 2. The van der Waals surface area contributed by atoms with E-state index in [1.54, 1.807) is 7.11 Å². The Morgan fingerprint density at radius 2 is 2.25 bits per heavy atom. The summed E-state index contributed by atoms with van der Waals surface area (Å²) in [6, 6.07) is 7.65. The summed E-state index contributed by atoms with van der Waals surface area (Å²) in [6.45, 7) is 0. The summed E-state index contributed by atoms with van der Waals surface area (Å²) < 4.78 is 5.27. The Labute approximate surface area is 123 Å². The number of ether oxygens (including phenoxy) is 1. The van der Waals surface area contributed by atoms with Crippen molar-refractivity contribution < 1.29 is 4.74 Å². The van der Waals surface area contributed by atoms with Gasteiger partial charge in [-0.3, -0.25) is 5.43 Å². The molecule has 5 heteroatoms. The van der Waals surface area contributed by atoms with Crippen LogP contribution in [-0.2, 0) is 0 Å². The molecule has 2 aliphatic carbocycles. The van der Waals surface area contributed by atoms with Crippen molar-refractivity contribution in [3.8, 4) is 5.75 Å². The Morgan fingerprint density at radius 3 is 3.05 bits per heavy atom. The van der Waals surface area contributed by atoms with E-state index in [0.717, 1.165) is 24.3 Å². The standard InChI is InChI=1S/C15H17N3OS/c1-19-14-8-3-2-7-12(14)16-15(20)18-17-13-9-10-5-4-6-11(10)13/h2-5,7-8,10-11H,6,9H2,1H3,(H2,16,18,20)/b17-13-/t10-,11-/m0/s1. The van der Waals surface area contributed by atoms with Crippen molar-refractivity contribution in [1.29, 1.82) is 0 Å². The second-order valence-electron chi connectivity index (χ2n) is 5.01. The first-order chi connectivity index (χ1) is 9.78. The fourth-order valence-corrected chi connectivity index (χ4v) is 2.84. The molecule has 0 bridgehead atoms. The Morgan fingerprint density at radius 1 is 1.40 bits per heavy atom. The van der Waals surface area contributed by atoms with Crippen molar-refractivity contribution in [3.63, 3.8) is 0 Å². The van der Waals surface area contributed by atoms with Gasteiger partial charge in [0.25, 0.3) is 0 Å². The van der Waals surface area contributed by atoms with E-state index in [2.05, 4.69) is 28.0 Å². The molecule has 3 rings (SSSR count). The minimum absolute atomic E-state index is 0.483. The molecule has 0 heterocycles. The molecule has 2 N–H and O–H groups in total. The second-order valence-corrected chi connectivity index (χ2v) is 5.42. The van der Waals surface area contributed by atoms with E-state index in [0.29, 0.717) is 16.9 Å². The summed E-state index contributed by atoms with van der Waals surface area (Å²) in [6.07, 6.45) is 6.68. The minimum atomic E-state index is 0.483. The lowest BCUT2D eigenvalue weighted by molar-refractivity contribution is 0.417. The van der Waals surface area contributed by atoms with Crippen molar-refractivity contribution in [1.82, 2.24) is 5.43 Å². The number of fused-ring (bicyclic) bond motifs is 1. The summed E-state index contributed by atoms with van der Waals surface area (Å²) >= 11 is 5.25. The molecule has 1 saturated carbocycles. The molecule has 1 aromatic rings. The van der Waals surface area contributed by atoms with Gasteiger partial charge in [-0.1, -0.05) is 24.3 Å². The number of hydrazone groups is 1. The highest BCUT2D eigenvalue weighted by atomic mass is 32.1. The van der Waals surface area contributed by atoms with Gasteiger partial charge in [0.2, 0.25) is 0 Å². The molecule has 4 nitrogen and oxygen atoms in total. The van der Waals surface area contributed by atoms with Crippen LogP contribution >= 0.6 is 12.2 Å². The number of benzene rings is 1. The maximum atomic E-state index is 5.27. The van der Waals surface area contributed by atoms with Crippen LogP contribution in [0.4, 0.5) is 5.69 Å². The zero-order valence-corrected chi connectivity index (χ0v) is 12.1. The smallest absolute Gasteiger partial charge is 0.191 e. The van der Waals surface area contributed by atoms with Crippen molar-refractivity contribution in [2.24, 2.45) is 16.9 Å². The van der Waals surface area contributed by atoms with Gasteiger partial charge in [0.1, 0.15) is 5.75 Å². The van der Waals surface area contributed by atoms with Crippen LogP contribution in [0.25, 0.3) is 0 Å². The fraction of sp³-hybridized carbons (Fsp3) is 0.333. The lowest BCUT2D eigenvalue weighted by Crippen LogP contribution is -2.36. The number of methoxy groups -OCH3 is 1. The first kappa shape index (κ1) is 13.1. The minimum Gasteiger partial charge on any atom is -0.495 e. The number of anilines is 1. The molecule has 2 atom stereocenters. The van der Waals surface area contributed by atoms with Crippen molar-refractivity contribution in [2.75, 3.05) is 12.4 Å². The summed E-state index contributed by atoms with van der Waals surface area (Å²) in [4.78, 5) is 0. The van der Waals surface area contributed by atoms with E-state index >= 15 is 0 Å². The molecule has 0 spiro atoms. The van der Waals surface area contributed by atoms with E-state index in [1.165, 1.54) is 5.71 Å². The first-order valence-electron chi connectivity index (χ1n) is 6.71. The number of nitrogens with zero attached hydrogens (tertiary/aromatic N) is 1. The number of hydrogen-bond acceptors (Lipinski definition) is 3. The maximum Gasteiger partial charge on any atom is 0.191 e. The Hall–Kier alpha value is -1.88. The van der Waals surface area contributed by atoms with Crippen molar-refractivity contribution >= 4 is 28.7 Å². The maximum absolute atomic E-state index is 5.27. The van der Waals surface area contributed by atoms with E-state index in [-0.39, 0.29) is 0 Å². The van der Waals surface area contributed by atoms with E-state index < -0.39 is 0 Å². The van der Waals surface area contributed by atoms with Crippen LogP contribution in [0.15, 0.2) is 41.5 Å². The number of para-hydroxylation sites is 2. The van der Waals surface area contributed by atoms with Crippen LogP contribution in [0.1, 0.15) is 12.8 Å². The number of allylic oxidation sites excluding steroid dienone is 2.